The number of pyridine rings is 1. The molecule has 2 aliphatic rings. The average molecular weight is 356 g/mol. The zero-order valence-electron chi connectivity index (χ0n) is 14.1. The Bertz CT molecular complexity index is 872. The van der Waals surface area contributed by atoms with Gasteiger partial charge in [0.25, 0.3) is 0 Å². The lowest BCUT2D eigenvalue weighted by molar-refractivity contribution is 0.101. The summed E-state index contributed by atoms with van der Waals surface area (Å²) in [7, 11) is 0. The maximum Gasteiger partial charge on any atom is 0.407 e. The molecule has 1 saturated heterocycles. The first-order valence-electron chi connectivity index (χ1n) is 8.36. The molecule has 26 heavy (non-hydrogen) atoms. The number of likely N-dealkylation sites (tertiary alicyclic amines) is 1. The number of ketones is 1. The van der Waals surface area contributed by atoms with Crippen molar-refractivity contribution >= 4 is 11.9 Å². The molecule has 1 aliphatic carbocycles. The Hall–Kier alpha value is -2.96. The van der Waals surface area contributed by atoms with Crippen LogP contribution < -0.4 is 4.74 Å². The predicted molar refractivity (Wildman–Crippen MR) is 90.6 cm³/mol. The van der Waals surface area contributed by atoms with Crippen molar-refractivity contribution in [1.82, 2.24) is 9.88 Å². The highest BCUT2D eigenvalue weighted by Gasteiger charge is 2.59. The number of amides is 1. The standard InChI is InChI=1S/C19H17FN2O4/c1-10(23)12-6-16(11-2-4-13(20)5-3-11)21-17(7-12)26-18-14-8-22(19(24)25)9-15(14)18/h2-7,14-15,18H,8-9H2,1H3,(H,24,25)/t14-,15+,18?. The number of benzene rings is 1. The van der Waals surface area contributed by atoms with Crippen LogP contribution in [0.4, 0.5) is 9.18 Å². The normalized spacial score (nSPS) is 23.5. The molecule has 4 rings (SSSR count). The Morgan fingerprint density at radius 1 is 1.19 bits per heavy atom. The smallest absolute Gasteiger partial charge is 0.407 e. The second kappa shape index (κ2) is 6.09. The summed E-state index contributed by atoms with van der Waals surface area (Å²) in [5.74, 6) is 0.208. The summed E-state index contributed by atoms with van der Waals surface area (Å²) < 4.78 is 19.1. The highest BCUT2D eigenvalue weighted by Crippen LogP contribution is 2.47. The number of Topliss-reactive ketones (excluding diaryl/α,β-unsaturated/α-hetero) is 1. The molecule has 1 aromatic heterocycles. The minimum Gasteiger partial charge on any atom is -0.474 e. The number of fused-ring (bicyclic) bond motifs is 1. The van der Waals surface area contributed by atoms with Crippen molar-refractivity contribution < 1.29 is 23.8 Å². The molecule has 7 heteroatoms. The number of hydrogen-bond acceptors (Lipinski definition) is 4. The quantitative estimate of drug-likeness (QED) is 0.852. The Labute approximate surface area is 149 Å². The van der Waals surface area contributed by atoms with Crippen molar-refractivity contribution in [2.24, 2.45) is 11.8 Å². The third-order valence-corrected chi connectivity index (χ3v) is 4.99. The molecule has 0 radical (unpaired) electrons. The first-order chi connectivity index (χ1) is 12.4. The van der Waals surface area contributed by atoms with E-state index in [0.717, 1.165) is 0 Å². The van der Waals surface area contributed by atoms with Gasteiger partial charge < -0.3 is 14.7 Å². The predicted octanol–water partition coefficient (Wildman–Crippen LogP) is 3.08. The van der Waals surface area contributed by atoms with Crippen LogP contribution >= 0.6 is 0 Å². The second-order valence-electron chi connectivity index (χ2n) is 6.74. The molecule has 134 valence electrons. The monoisotopic (exact) mass is 356 g/mol. The lowest BCUT2D eigenvalue weighted by Gasteiger charge is -2.17. The van der Waals surface area contributed by atoms with Gasteiger partial charge in [-0.25, -0.2) is 14.2 Å². The molecule has 1 saturated carbocycles. The fourth-order valence-corrected chi connectivity index (χ4v) is 3.48. The van der Waals surface area contributed by atoms with Crippen LogP contribution in [0, 0.1) is 17.7 Å². The lowest BCUT2D eigenvalue weighted by atomic mass is 10.1. The molecular weight excluding hydrogens is 339 g/mol. The summed E-state index contributed by atoms with van der Waals surface area (Å²) >= 11 is 0. The van der Waals surface area contributed by atoms with Gasteiger partial charge in [0, 0.05) is 42.1 Å². The highest BCUT2D eigenvalue weighted by molar-refractivity contribution is 5.95. The van der Waals surface area contributed by atoms with E-state index in [2.05, 4.69) is 4.98 Å². The van der Waals surface area contributed by atoms with E-state index in [0.29, 0.717) is 35.8 Å². The third kappa shape index (κ3) is 3.00. The fourth-order valence-electron chi connectivity index (χ4n) is 3.48. The van der Waals surface area contributed by atoms with Crippen molar-refractivity contribution in [3.8, 4) is 17.1 Å². The summed E-state index contributed by atoms with van der Waals surface area (Å²) in [5, 5.41) is 9.02. The molecule has 2 fully saturated rings. The Morgan fingerprint density at radius 2 is 1.85 bits per heavy atom. The van der Waals surface area contributed by atoms with Gasteiger partial charge in [-0.1, -0.05) is 0 Å². The maximum absolute atomic E-state index is 13.1. The van der Waals surface area contributed by atoms with E-state index in [4.69, 9.17) is 9.84 Å². The van der Waals surface area contributed by atoms with E-state index in [9.17, 15) is 14.0 Å². The van der Waals surface area contributed by atoms with Crippen LogP contribution in [0.1, 0.15) is 17.3 Å². The van der Waals surface area contributed by atoms with Gasteiger partial charge in [0.15, 0.2) is 5.78 Å². The van der Waals surface area contributed by atoms with Crippen molar-refractivity contribution in [3.05, 3.63) is 47.8 Å². The summed E-state index contributed by atoms with van der Waals surface area (Å²) in [6.07, 6.45) is -0.993. The van der Waals surface area contributed by atoms with Crippen LogP contribution in [0.5, 0.6) is 5.88 Å². The van der Waals surface area contributed by atoms with Gasteiger partial charge in [0.2, 0.25) is 5.88 Å². The number of carboxylic acid groups (broad SMARTS) is 1. The van der Waals surface area contributed by atoms with E-state index >= 15 is 0 Å². The summed E-state index contributed by atoms with van der Waals surface area (Å²) in [6, 6.07) is 9.12. The summed E-state index contributed by atoms with van der Waals surface area (Å²) in [4.78, 5) is 28.7. The zero-order chi connectivity index (χ0) is 18.4. The number of halogens is 1. The molecule has 3 atom stereocenters. The van der Waals surface area contributed by atoms with Crippen LogP contribution in [0.15, 0.2) is 36.4 Å². The lowest BCUT2D eigenvalue weighted by Crippen LogP contribution is -2.31. The number of nitrogens with zero attached hydrogens (tertiary/aromatic N) is 2. The molecule has 1 unspecified atom stereocenters. The molecule has 0 spiro atoms. The number of rotatable bonds is 4. The topological polar surface area (TPSA) is 79.7 Å². The minimum absolute atomic E-state index is 0.0821. The van der Waals surface area contributed by atoms with Gasteiger partial charge >= 0.3 is 6.09 Å². The molecule has 1 aromatic carbocycles. The van der Waals surface area contributed by atoms with Crippen LogP contribution in [-0.4, -0.2) is 46.1 Å². The van der Waals surface area contributed by atoms with Crippen LogP contribution in [0.2, 0.25) is 0 Å². The number of ether oxygens (including phenoxy) is 1. The summed E-state index contributed by atoms with van der Waals surface area (Å²) in [5.41, 5.74) is 1.69. The van der Waals surface area contributed by atoms with Crippen LogP contribution in [0.3, 0.4) is 0 Å². The van der Waals surface area contributed by atoms with Gasteiger partial charge in [-0.3, -0.25) is 4.79 Å². The zero-order valence-corrected chi connectivity index (χ0v) is 14.1. The second-order valence-corrected chi connectivity index (χ2v) is 6.74. The number of piperidine rings is 1. The van der Waals surface area contributed by atoms with Gasteiger partial charge in [0.05, 0.1) is 5.69 Å². The number of hydrogen-bond donors (Lipinski definition) is 1. The van der Waals surface area contributed by atoms with Crippen molar-refractivity contribution in [2.75, 3.05) is 13.1 Å². The summed E-state index contributed by atoms with van der Waals surface area (Å²) in [6.45, 7) is 2.38. The van der Waals surface area contributed by atoms with Gasteiger partial charge in [-0.05, 0) is 37.3 Å². The van der Waals surface area contributed by atoms with Crippen molar-refractivity contribution in [2.45, 2.75) is 13.0 Å². The van der Waals surface area contributed by atoms with Gasteiger partial charge in [-0.15, -0.1) is 0 Å². The third-order valence-electron chi connectivity index (χ3n) is 4.99. The highest BCUT2D eigenvalue weighted by atomic mass is 19.1. The first-order valence-corrected chi connectivity index (χ1v) is 8.36. The molecule has 0 bridgehead atoms. The fraction of sp³-hybridized carbons (Fsp3) is 0.316. The largest absolute Gasteiger partial charge is 0.474 e. The van der Waals surface area contributed by atoms with E-state index in [1.807, 2.05) is 0 Å². The van der Waals surface area contributed by atoms with Crippen LogP contribution in [-0.2, 0) is 0 Å². The van der Waals surface area contributed by atoms with Crippen molar-refractivity contribution in [1.29, 1.82) is 0 Å². The number of aromatic nitrogens is 1. The van der Waals surface area contributed by atoms with Gasteiger partial charge in [0.1, 0.15) is 11.9 Å². The molecule has 2 aromatic rings. The molecule has 1 aliphatic heterocycles. The molecule has 1 N–H and O–H groups in total. The maximum atomic E-state index is 13.1. The molecule has 6 nitrogen and oxygen atoms in total. The molecule has 2 heterocycles. The Balaban J connectivity index is 1.56. The van der Waals surface area contributed by atoms with E-state index in [1.165, 1.54) is 24.0 Å². The van der Waals surface area contributed by atoms with Gasteiger partial charge in [-0.2, -0.15) is 0 Å². The van der Waals surface area contributed by atoms with E-state index in [1.54, 1.807) is 24.3 Å². The first kappa shape index (κ1) is 16.5. The van der Waals surface area contributed by atoms with E-state index < -0.39 is 6.09 Å². The number of carbonyl (C=O) groups is 2. The minimum atomic E-state index is -0.911. The van der Waals surface area contributed by atoms with Crippen molar-refractivity contribution in [3.63, 3.8) is 0 Å². The number of carbonyl (C=O) groups excluding carboxylic acids is 1. The average Bonchev–Trinajstić information content (AvgIpc) is 3.04. The van der Waals surface area contributed by atoms with Crippen LogP contribution in [0.25, 0.3) is 11.3 Å². The molecule has 1 amide bonds. The van der Waals surface area contributed by atoms with E-state index in [-0.39, 0.29) is 29.5 Å². The SMILES string of the molecule is CC(=O)c1cc(OC2[C@H]3CN(C(=O)O)C[C@@H]23)nc(-c2ccc(F)cc2)c1. The Kier molecular flexibility index (Phi) is 3.86. The molecular formula is C19H17FN2O4. The Morgan fingerprint density at radius 3 is 2.42 bits per heavy atom.